The van der Waals surface area contributed by atoms with Gasteiger partial charge in [-0.2, -0.15) is 0 Å². The monoisotopic (exact) mass is 274 g/mol. The summed E-state index contributed by atoms with van der Waals surface area (Å²) in [6.07, 6.45) is 0.844. The highest BCUT2D eigenvalue weighted by atomic mass is 35.5. The van der Waals surface area contributed by atoms with Crippen molar-refractivity contribution in [2.75, 3.05) is 0 Å². The molecule has 2 aromatic rings. The molecule has 0 aliphatic rings. The predicted octanol–water partition coefficient (Wildman–Crippen LogP) is 3.70. The van der Waals surface area contributed by atoms with Crippen LogP contribution in [0.5, 0.6) is 0 Å². The third-order valence-electron chi connectivity index (χ3n) is 3.20. The molecule has 2 nitrogen and oxygen atoms in total. The minimum Gasteiger partial charge on any atom is -0.271 e. The smallest absolute Gasteiger partial charge is 0.0500 e. The van der Waals surface area contributed by atoms with Crippen molar-refractivity contribution >= 4 is 11.6 Å². The van der Waals surface area contributed by atoms with Gasteiger partial charge in [0.2, 0.25) is 0 Å². The predicted molar refractivity (Wildman–Crippen MR) is 81.1 cm³/mol. The number of rotatable bonds is 4. The lowest BCUT2D eigenvalue weighted by atomic mass is 9.96. The van der Waals surface area contributed by atoms with E-state index in [1.165, 1.54) is 22.3 Å². The molecule has 0 fully saturated rings. The molecular weight excluding hydrogens is 256 g/mol. The molecule has 0 aromatic heterocycles. The van der Waals surface area contributed by atoms with Gasteiger partial charge in [-0.05, 0) is 43.5 Å². The molecule has 0 saturated carbocycles. The molecule has 0 aliphatic heterocycles. The van der Waals surface area contributed by atoms with Crippen LogP contribution in [0.1, 0.15) is 28.3 Å². The summed E-state index contributed by atoms with van der Waals surface area (Å²) in [5, 5.41) is 0.757. The van der Waals surface area contributed by atoms with Gasteiger partial charge in [-0.3, -0.25) is 11.3 Å². The van der Waals surface area contributed by atoms with Gasteiger partial charge in [0.25, 0.3) is 0 Å². The fourth-order valence-electron chi connectivity index (χ4n) is 2.34. The fourth-order valence-corrected chi connectivity index (χ4v) is 2.47. The highest BCUT2D eigenvalue weighted by Crippen LogP contribution is 2.21. The molecule has 0 heterocycles. The molecule has 0 saturated heterocycles. The largest absolute Gasteiger partial charge is 0.271 e. The zero-order valence-corrected chi connectivity index (χ0v) is 12.0. The number of aryl methyl sites for hydroxylation is 2. The molecule has 0 radical (unpaired) electrons. The number of hydrogen-bond acceptors (Lipinski definition) is 2. The van der Waals surface area contributed by atoms with Crippen LogP contribution in [0.15, 0.2) is 42.5 Å². The van der Waals surface area contributed by atoms with Crippen LogP contribution in [0.25, 0.3) is 0 Å². The maximum Gasteiger partial charge on any atom is 0.0500 e. The van der Waals surface area contributed by atoms with Crippen LogP contribution < -0.4 is 11.3 Å². The van der Waals surface area contributed by atoms with Crippen LogP contribution in [-0.4, -0.2) is 0 Å². The number of benzene rings is 2. The van der Waals surface area contributed by atoms with E-state index in [0.29, 0.717) is 0 Å². The number of halogens is 1. The van der Waals surface area contributed by atoms with E-state index in [0.717, 1.165) is 11.4 Å². The van der Waals surface area contributed by atoms with Crippen LogP contribution in [0.3, 0.4) is 0 Å². The highest BCUT2D eigenvalue weighted by Gasteiger charge is 2.11. The molecule has 2 aromatic carbocycles. The summed E-state index contributed by atoms with van der Waals surface area (Å²) in [7, 11) is 0. The van der Waals surface area contributed by atoms with Crippen molar-refractivity contribution in [3.05, 3.63) is 69.7 Å². The fraction of sp³-hybridized carbons (Fsp3) is 0.250. The summed E-state index contributed by atoms with van der Waals surface area (Å²) in [6.45, 7) is 4.21. The summed E-state index contributed by atoms with van der Waals surface area (Å²) in [4.78, 5) is 0. The Labute approximate surface area is 119 Å². The van der Waals surface area contributed by atoms with Gasteiger partial charge in [0.1, 0.15) is 0 Å². The van der Waals surface area contributed by atoms with Gasteiger partial charge in [0.05, 0.1) is 0 Å². The number of hydrazine groups is 1. The molecule has 0 amide bonds. The maximum atomic E-state index is 5.90. The van der Waals surface area contributed by atoms with Crippen molar-refractivity contribution in [3.8, 4) is 0 Å². The Bertz CT molecular complexity index is 529. The van der Waals surface area contributed by atoms with Gasteiger partial charge < -0.3 is 0 Å². The van der Waals surface area contributed by atoms with E-state index in [1.54, 1.807) is 0 Å². The number of nitrogens with two attached hydrogens (primary N) is 1. The average Bonchev–Trinajstić information content (AvgIpc) is 2.37. The number of nitrogens with one attached hydrogen (secondary N) is 1. The van der Waals surface area contributed by atoms with Crippen molar-refractivity contribution in [3.63, 3.8) is 0 Å². The molecule has 19 heavy (non-hydrogen) atoms. The Balaban J connectivity index is 2.22. The molecule has 3 N–H and O–H groups in total. The Morgan fingerprint density at radius 2 is 1.63 bits per heavy atom. The summed E-state index contributed by atoms with van der Waals surface area (Å²) >= 11 is 5.90. The lowest BCUT2D eigenvalue weighted by Gasteiger charge is -2.18. The van der Waals surface area contributed by atoms with Crippen molar-refractivity contribution in [1.29, 1.82) is 0 Å². The number of hydrogen-bond donors (Lipinski definition) is 2. The lowest BCUT2D eigenvalue weighted by molar-refractivity contribution is 0.551. The maximum absolute atomic E-state index is 5.90. The van der Waals surface area contributed by atoms with E-state index >= 15 is 0 Å². The molecule has 0 bridgehead atoms. The van der Waals surface area contributed by atoms with Crippen LogP contribution >= 0.6 is 11.6 Å². The van der Waals surface area contributed by atoms with Crippen LogP contribution in [0.2, 0.25) is 5.02 Å². The third-order valence-corrected chi connectivity index (χ3v) is 3.45. The molecule has 0 spiro atoms. The van der Waals surface area contributed by atoms with E-state index in [-0.39, 0.29) is 6.04 Å². The van der Waals surface area contributed by atoms with Gasteiger partial charge in [-0.1, -0.05) is 53.1 Å². The quantitative estimate of drug-likeness (QED) is 0.659. The Morgan fingerprint density at radius 3 is 2.16 bits per heavy atom. The third kappa shape index (κ3) is 3.80. The lowest BCUT2D eigenvalue weighted by Crippen LogP contribution is -2.29. The average molecular weight is 275 g/mol. The first-order valence-electron chi connectivity index (χ1n) is 6.37. The summed E-state index contributed by atoms with van der Waals surface area (Å²) in [5.41, 5.74) is 7.85. The SMILES string of the molecule is Cc1cc(C)cc(C(Cc2ccc(Cl)cc2)NN)c1. The van der Waals surface area contributed by atoms with Gasteiger partial charge in [-0.25, -0.2) is 0 Å². The van der Waals surface area contributed by atoms with Crippen LogP contribution in [0, 0.1) is 13.8 Å². The summed E-state index contributed by atoms with van der Waals surface area (Å²) < 4.78 is 0. The minimum absolute atomic E-state index is 0.111. The van der Waals surface area contributed by atoms with Crippen molar-refractivity contribution in [2.24, 2.45) is 5.84 Å². The molecule has 2 rings (SSSR count). The van der Waals surface area contributed by atoms with Gasteiger partial charge >= 0.3 is 0 Å². The first-order chi connectivity index (χ1) is 9.08. The first kappa shape index (κ1) is 14.1. The topological polar surface area (TPSA) is 38.0 Å². The Morgan fingerprint density at radius 1 is 1.05 bits per heavy atom. The van der Waals surface area contributed by atoms with Gasteiger partial charge in [-0.15, -0.1) is 0 Å². The minimum atomic E-state index is 0.111. The van der Waals surface area contributed by atoms with Crippen LogP contribution in [0.4, 0.5) is 0 Å². The standard InChI is InChI=1S/C16H19ClN2/c1-11-7-12(2)9-14(8-11)16(19-18)10-13-3-5-15(17)6-4-13/h3-9,16,19H,10,18H2,1-2H3. The zero-order valence-electron chi connectivity index (χ0n) is 11.3. The van der Waals surface area contributed by atoms with Crippen molar-refractivity contribution in [1.82, 2.24) is 5.43 Å². The second-order valence-corrected chi connectivity index (χ2v) is 5.41. The van der Waals surface area contributed by atoms with E-state index in [1.807, 2.05) is 24.3 Å². The second kappa shape index (κ2) is 6.20. The summed E-state index contributed by atoms with van der Waals surface area (Å²) in [5.74, 6) is 5.71. The summed E-state index contributed by atoms with van der Waals surface area (Å²) in [6, 6.07) is 14.5. The molecule has 1 unspecified atom stereocenters. The second-order valence-electron chi connectivity index (χ2n) is 4.97. The van der Waals surface area contributed by atoms with Crippen molar-refractivity contribution in [2.45, 2.75) is 26.3 Å². The molecule has 1 atom stereocenters. The van der Waals surface area contributed by atoms with Crippen molar-refractivity contribution < 1.29 is 0 Å². The highest BCUT2D eigenvalue weighted by molar-refractivity contribution is 6.30. The van der Waals surface area contributed by atoms with E-state index in [4.69, 9.17) is 17.4 Å². The molecule has 3 heteroatoms. The Kier molecular flexibility index (Phi) is 4.59. The van der Waals surface area contributed by atoms with Crippen LogP contribution in [-0.2, 0) is 6.42 Å². The van der Waals surface area contributed by atoms with E-state index in [9.17, 15) is 0 Å². The first-order valence-corrected chi connectivity index (χ1v) is 6.75. The van der Waals surface area contributed by atoms with E-state index < -0.39 is 0 Å². The van der Waals surface area contributed by atoms with E-state index in [2.05, 4.69) is 37.5 Å². The molecular formula is C16H19ClN2. The Hall–Kier alpha value is -1.35. The molecule has 100 valence electrons. The normalized spacial score (nSPS) is 12.4. The van der Waals surface area contributed by atoms with Gasteiger partial charge in [0, 0.05) is 11.1 Å². The zero-order chi connectivity index (χ0) is 13.8. The van der Waals surface area contributed by atoms with Gasteiger partial charge in [0.15, 0.2) is 0 Å². The molecule has 0 aliphatic carbocycles.